The number of ether oxygens (including phenoxy) is 2. The van der Waals surface area contributed by atoms with Gasteiger partial charge in [0, 0.05) is 30.7 Å². The Morgan fingerprint density at radius 3 is 2.24 bits per heavy atom. The van der Waals surface area contributed by atoms with Crippen LogP contribution in [0.15, 0.2) is 30.4 Å². The summed E-state index contributed by atoms with van der Waals surface area (Å²) in [6.07, 6.45) is -2.96. The minimum Gasteiger partial charge on any atom is -0.479 e. The average Bonchev–Trinajstić information content (AvgIpc) is 3.63. The Bertz CT molecular complexity index is 1870. The Morgan fingerprint density at radius 2 is 1.64 bits per heavy atom. The largest absolute Gasteiger partial charge is 0.479 e. The molecular formula is C36H49N5O16S. The van der Waals surface area contributed by atoms with E-state index in [2.05, 4.69) is 16.0 Å². The molecule has 0 saturated carbocycles. The van der Waals surface area contributed by atoms with Crippen LogP contribution in [0.5, 0.6) is 0 Å². The van der Waals surface area contributed by atoms with Crippen molar-refractivity contribution in [3.63, 3.8) is 0 Å². The quantitative estimate of drug-likeness (QED) is 0.0404. The highest BCUT2D eigenvalue weighted by Gasteiger charge is 2.47. The van der Waals surface area contributed by atoms with Crippen molar-refractivity contribution >= 4 is 57.2 Å². The van der Waals surface area contributed by atoms with Gasteiger partial charge < -0.3 is 50.8 Å². The molecule has 8 atom stereocenters. The first-order chi connectivity index (χ1) is 27.2. The molecule has 21 nitrogen and oxygen atoms in total. The molecule has 1 aromatic rings. The maximum Gasteiger partial charge on any atom is 0.335 e. The van der Waals surface area contributed by atoms with Gasteiger partial charge in [0.25, 0.3) is 21.9 Å². The standard InChI is InChI=1S/C36H49N5O16S/c1-18(2)31(39-28(45)15-40-23(17-56-10-11-58(53,54)55)13-24(35(40)50)41-29(46)8-9-30(41)47)34(49)37-19(3)33(48)38-22-6-4-21(16-42)20(12-22)5-7-27-25(43)14-26(44)32(57-27)36(51)52/h4,6,8-9,12,18-19,23-27,31-32,42-44H,5,7,10-11,13-17H2,1-3H3,(H,37,49)(H,38,48)(H,39,45)(H,51,52)(H,53,54,55)/t19-,23-,24-,25+,26-,27-,31?,32-/m0/s1. The summed E-state index contributed by atoms with van der Waals surface area (Å²) in [6, 6.07) is 0.104. The molecule has 1 unspecified atom stereocenters. The van der Waals surface area contributed by atoms with Crippen LogP contribution in [-0.4, -0.2) is 159 Å². The van der Waals surface area contributed by atoms with E-state index in [1.807, 2.05) is 0 Å². The van der Waals surface area contributed by atoms with Crippen molar-refractivity contribution in [2.75, 3.05) is 30.8 Å². The Labute approximate surface area is 333 Å². The molecule has 1 aromatic carbocycles. The van der Waals surface area contributed by atoms with E-state index in [4.69, 9.17) is 14.0 Å². The summed E-state index contributed by atoms with van der Waals surface area (Å²) >= 11 is 0. The molecule has 4 rings (SSSR count). The van der Waals surface area contributed by atoms with Crippen molar-refractivity contribution in [2.45, 2.75) is 102 Å². The maximum absolute atomic E-state index is 13.5. The van der Waals surface area contributed by atoms with Gasteiger partial charge in [-0.2, -0.15) is 8.42 Å². The van der Waals surface area contributed by atoms with E-state index < -0.39 is 125 Å². The number of carboxylic acids is 1. The fourth-order valence-electron chi connectivity index (χ4n) is 6.83. The normalized spacial score (nSPS) is 24.6. The third kappa shape index (κ3) is 11.9. The van der Waals surface area contributed by atoms with E-state index in [0.717, 1.165) is 22.0 Å². The predicted octanol–water partition coefficient (Wildman–Crippen LogP) is -2.54. The van der Waals surface area contributed by atoms with Crippen LogP contribution >= 0.6 is 0 Å². The minimum atomic E-state index is -4.36. The monoisotopic (exact) mass is 839 g/mol. The molecular weight excluding hydrogens is 790 g/mol. The van der Waals surface area contributed by atoms with Gasteiger partial charge in [0.2, 0.25) is 23.6 Å². The second-order valence-corrected chi connectivity index (χ2v) is 16.2. The number of aryl methyl sites for hydroxylation is 1. The molecule has 8 N–H and O–H groups in total. The predicted molar refractivity (Wildman–Crippen MR) is 199 cm³/mol. The molecule has 0 radical (unpaired) electrons. The van der Waals surface area contributed by atoms with Crippen molar-refractivity contribution < 1.29 is 76.4 Å². The van der Waals surface area contributed by atoms with Gasteiger partial charge >= 0.3 is 5.97 Å². The second-order valence-electron chi connectivity index (χ2n) is 14.6. The van der Waals surface area contributed by atoms with E-state index >= 15 is 0 Å². The van der Waals surface area contributed by atoms with E-state index in [-0.39, 0.29) is 44.6 Å². The van der Waals surface area contributed by atoms with Gasteiger partial charge in [-0.1, -0.05) is 19.9 Å². The minimum absolute atomic E-state index is 0.129. The molecule has 3 aliphatic rings. The molecule has 6 amide bonds. The number of anilines is 1. The van der Waals surface area contributed by atoms with E-state index in [1.165, 1.54) is 13.0 Å². The van der Waals surface area contributed by atoms with Gasteiger partial charge in [0.1, 0.15) is 18.1 Å². The van der Waals surface area contributed by atoms with Gasteiger partial charge in [-0.05, 0) is 48.9 Å². The Kier molecular flexibility index (Phi) is 15.6. The van der Waals surface area contributed by atoms with Crippen LogP contribution < -0.4 is 16.0 Å². The molecule has 0 aliphatic carbocycles. The summed E-state index contributed by atoms with van der Waals surface area (Å²) in [5.41, 5.74) is 1.33. The molecule has 3 heterocycles. The average molecular weight is 840 g/mol. The number of hydrogen-bond donors (Lipinski definition) is 8. The fourth-order valence-corrected chi connectivity index (χ4v) is 7.16. The fraction of sp³-hybridized carbons (Fsp3) is 0.583. The molecule has 22 heteroatoms. The van der Waals surface area contributed by atoms with Gasteiger partial charge in [0.05, 0.1) is 56.5 Å². The Morgan fingerprint density at radius 1 is 0.966 bits per heavy atom. The second kappa shape index (κ2) is 19.7. The lowest BCUT2D eigenvalue weighted by Crippen LogP contribution is -2.56. The number of hydrogen-bond acceptors (Lipinski definition) is 14. The summed E-state index contributed by atoms with van der Waals surface area (Å²) in [4.78, 5) is 91.4. The van der Waals surface area contributed by atoms with Crippen molar-refractivity contribution in [2.24, 2.45) is 5.92 Å². The van der Waals surface area contributed by atoms with E-state index in [1.54, 1.807) is 26.0 Å². The van der Waals surface area contributed by atoms with Crippen molar-refractivity contribution in [1.29, 1.82) is 0 Å². The van der Waals surface area contributed by atoms with Crippen LogP contribution in [0.25, 0.3) is 0 Å². The first-order valence-corrected chi connectivity index (χ1v) is 20.1. The maximum atomic E-state index is 13.5. The summed E-state index contributed by atoms with van der Waals surface area (Å²) in [5.74, 6) is -7.07. The van der Waals surface area contributed by atoms with Crippen LogP contribution in [-0.2, 0) is 66.2 Å². The Balaban J connectivity index is 1.37. The zero-order valence-electron chi connectivity index (χ0n) is 32.0. The third-order valence-corrected chi connectivity index (χ3v) is 10.6. The highest BCUT2D eigenvalue weighted by atomic mass is 32.2. The van der Waals surface area contributed by atoms with Crippen LogP contribution in [0.3, 0.4) is 0 Å². The molecule has 3 aliphatic heterocycles. The summed E-state index contributed by atoms with van der Waals surface area (Å²) < 4.78 is 42.0. The lowest BCUT2D eigenvalue weighted by molar-refractivity contribution is -0.193. The van der Waals surface area contributed by atoms with Gasteiger partial charge in [-0.15, -0.1) is 0 Å². The van der Waals surface area contributed by atoms with Gasteiger partial charge in [0.15, 0.2) is 6.10 Å². The lowest BCUT2D eigenvalue weighted by atomic mass is 9.93. The number of benzene rings is 1. The summed E-state index contributed by atoms with van der Waals surface area (Å²) in [6.45, 7) is 2.89. The molecule has 0 bridgehead atoms. The number of aliphatic hydroxyl groups is 3. The number of carboxylic acid groups (broad SMARTS) is 1. The SMILES string of the molecule is CC(C)C(NC(=O)CN1C(=O)[C@@H](N2C(=O)C=CC2=O)C[C@H]1COCCS(=O)(=O)O)C(=O)N[C@@H](C)C(=O)Nc1ccc(CO)c(CC[C@@H]2O[C@H](C(=O)O)[C@@H](O)C[C@H]2O)c1. The molecule has 2 fully saturated rings. The van der Waals surface area contributed by atoms with Gasteiger partial charge in [-0.25, -0.2) is 4.79 Å². The third-order valence-electron chi connectivity index (χ3n) is 9.96. The van der Waals surface area contributed by atoms with Crippen LogP contribution in [0.1, 0.15) is 51.2 Å². The molecule has 0 aromatic heterocycles. The summed E-state index contributed by atoms with van der Waals surface area (Å²) in [5, 5.41) is 47.3. The number of imide groups is 1. The van der Waals surface area contributed by atoms with Crippen molar-refractivity contribution in [3.8, 4) is 0 Å². The first-order valence-electron chi connectivity index (χ1n) is 18.5. The number of amides is 6. The first kappa shape index (κ1) is 45.9. The van der Waals surface area contributed by atoms with Crippen LogP contribution in [0.4, 0.5) is 5.69 Å². The topological polar surface area (TPSA) is 316 Å². The number of nitrogens with one attached hydrogen (secondary N) is 3. The Hall–Kier alpha value is -4.84. The van der Waals surface area contributed by atoms with Crippen LogP contribution in [0.2, 0.25) is 0 Å². The number of aliphatic carboxylic acids is 1. The zero-order valence-corrected chi connectivity index (χ0v) is 32.8. The number of carbonyl (C=O) groups is 7. The van der Waals surface area contributed by atoms with Crippen molar-refractivity contribution in [3.05, 3.63) is 41.5 Å². The highest BCUT2D eigenvalue weighted by Crippen LogP contribution is 2.28. The molecule has 320 valence electrons. The number of likely N-dealkylation sites (tertiary alicyclic amines) is 1. The number of rotatable bonds is 19. The molecule has 0 spiro atoms. The molecule has 2 saturated heterocycles. The van der Waals surface area contributed by atoms with Crippen LogP contribution in [0, 0.1) is 5.92 Å². The van der Waals surface area contributed by atoms with Crippen molar-refractivity contribution in [1.82, 2.24) is 20.4 Å². The van der Waals surface area contributed by atoms with E-state index in [9.17, 15) is 62.4 Å². The lowest BCUT2D eigenvalue weighted by Gasteiger charge is -2.35. The number of carbonyl (C=O) groups excluding carboxylic acids is 6. The van der Waals surface area contributed by atoms with E-state index in [0.29, 0.717) is 11.1 Å². The summed E-state index contributed by atoms with van der Waals surface area (Å²) in [7, 11) is -4.36. The number of nitrogens with zero attached hydrogens (tertiary/aromatic N) is 2. The molecule has 58 heavy (non-hydrogen) atoms. The zero-order chi connectivity index (χ0) is 43.1. The highest BCUT2D eigenvalue weighted by molar-refractivity contribution is 7.85. The number of aliphatic hydroxyl groups excluding tert-OH is 3. The van der Waals surface area contributed by atoms with Gasteiger partial charge in [-0.3, -0.25) is 38.2 Å². The smallest absolute Gasteiger partial charge is 0.335 e.